The Labute approximate surface area is 165 Å². The Morgan fingerprint density at radius 2 is 1.27 bits per heavy atom. The van der Waals surface area contributed by atoms with Crippen LogP contribution in [-0.2, 0) is 4.74 Å². The Morgan fingerprint density at radius 3 is 1.77 bits per heavy atom. The van der Waals surface area contributed by atoms with Gasteiger partial charge < -0.3 is 4.74 Å². The van der Waals surface area contributed by atoms with Crippen molar-refractivity contribution in [1.82, 2.24) is 0 Å². The van der Waals surface area contributed by atoms with Crippen molar-refractivity contribution >= 4 is 17.6 Å². The fourth-order valence-electron chi connectivity index (χ4n) is 3.14. The fourth-order valence-corrected chi connectivity index (χ4v) is 3.38. The van der Waals surface area contributed by atoms with Crippen molar-refractivity contribution in [2.75, 3.05) is 0 Å². The Morgan fingerprint density at radius 1 is 0.808 bits per heavy atom. The minimum absolute atomic E-state index is 0.333. The molecule has 0 saturated heterocycles. The molecule has 1 rings (SSSR count). The summed E-state index contributed by atoms with van der Waals surface area (Å²) in [5.74, 6) is -0.333. The summed E-state index contributed by atoms with van der Waals surface area (Å²) >= 11 is 6.13. The van der Waals surface area contributed by atoms with Gasteiger partial charge in [-0.1, -0.05) is 114 Å². The lowest BCUT2D eigenvalue weighted by Gasteiger charge is -2.11. The molecule has 0 amide bonds. The summed E-state index contributed by atoms with van der Waals surface area (Å²) in [4.78, 5) is 11.9. The maximum Gasteiger partial charge on any atom is 0.339 e. The van der Waals surface area contributed by atoms with E-state index in [2.05, 4.69) is 6.92 Å². The molecule has 1 aromatic rings. The van der Waals surface area contributed by atoms with Crippen LogP contribution >= 0.6 is 11.6 Å². The first-order chi connectivity index (χ1) is 12.7. The highest BCUT2D eigenvalue weighted by molar-refractivity contribution is 6.20. The van der Waals surface area contributed by atoms with Crippen molar-refractivity contribution in [2.24, 2.45) is 0 Å². The predicted octanol–water partition coefficient (Wildman–Crippen LogP) is 7.89. The molecule has 0 aliphatic carbocycles. The second-order valence-electron chi connectivity index (χ2n) is 7.21. The molecule has 2 nitrogen and oxygen atoms in total. The predicted molar refractivity (Wildman–Crippen MR) is 112 cm³/mol. The van der Waals surface area contributed by atoms with Crippen LogP contribution in [-0.4, -0.2) is 11.5 Å². The van der Waals surface area contributed by atoms with Crippen molar-refractivity contribution in [3.63, 3.8) is 0 Å². The summed E-state index contributed by atoms with van der Waals surface area (Å²) < 4.78 is 5.27. The molecule has 0 bridgehead atoms. The number of rotatable bonds is 16. The molecular weight excluding hydrogens is 344 g/mol. The van der Waals surface area contributed by atoms with E-state index in [1.807, 2.05) is 18.2 Å². The van der Waals surface area contributed by atoms with Gasteiger partial charge in [0.1, 0.15) is 0 Å². The largest absolute Gasteiger partial charge is 0.442 e. The van der Waals surface area contributed by atoms with Gasteiger partial charge in [0.2, 0.25) is 0 Å². The second-order valence-corrected chi connectivity index (χ2v) is 7.70. The zero-order valence-corrected chi connectivity index (χ0v) is 17.3. The van der Waals surface area contributed by atoms with E-state index in [-0.39, 0.29) is 5.97 Å². The van der Waals surface area contributed by atoms with E-state index in [1.54, 1.807) is 12.1 Å². The summed E-state index contributed by atoms with van der Waals surface area (Å²) in [7, 11) is 0. The van der Waals surface area contributed by atoms with Crippen molar-refractivity contribution in [2.45, 2.75) is 102 Å². The molecule has 1 aromatic carbocycles. The van der Waals surface area contributed by atoms with Crippen molar-refractivity contribution in [3.8, 4) is 0 Å². The van der Waals surface area contributed by atoms with Gasteiger partial charge in [-0.2, -0.15) is 0 Å². The van der Waals surface area contributed by atoms with Gasteiger partial charge in [-0.3, -0.25) is 0 Å². The number of halogens is 1. The highest BCUT2D eigenvalue weighted by Gasteiger charge is 2.12. The molecule has 0 saturated carbocycles. The average Bonchev–Trinajstić information content (AvgIpc) is 2.66. The van der Waals surface area contributed by atoms with E-state index in [0.717, 1.165) is 12.8 Å². The van der Waals surface area contributed by atoms with Gasteiger partial charge in [0.15, 0.2) is 5.56 Å². The zero-order valence-electron chi connectivity index (χ0n) is 16.6. The molecule has 1 unspecified atom stereocenters. The Balaban J connectivity index is 1.87. The summed E-state index contributed by atoms with van der Waals surface area (Å²) in [6, 6.07) is 9.02. The summed E-state index contributed by atoms with van der Waals surface area (Å²) in [6.07, 6.45) is 18.0. The van der Waals surface area contributed by atoms with E-state index in [9.17, 15) is 4.79 Å². The average molecular weight is 381 g/mol. The van der Waals surface area contributed by atoms with Gasteiger partial charge in [-0.25, -0.2) is 4.79 Å². The summed E-state index contributed by atoms with van der Waals surface area (Å²) in [5, 5.41) is 0. The van der Waals surface area contributed by atoms with Crippen LogP contribution in [0.25, 0.3) is 0 Å². The molecule has 0 aromatic heterocycles. The smallest absolute Gasteiger partial charge is 0.339 e. The summed E-state index contributed by atoms with van der Waals surface area (Å²) in [6.45, 7) is 2.27. The lowest BCUT2D eigenvalue weighted by molar-refractivity contribution is 0.0433. The highest BCUT2D eigenvalue weighted by Crippen LogP contribution is 2.16. The number of esters is 1. The highest BCUT2D eigenvalue weighted by atomic mass is 35.5. The van der Waals surface area contributed by atoms with Gasteiger partial charge in [0.25, 0.3) is 0 Å². The topological polar surface area (TPSA) is 26.3 Å². The minimum Gasteiger partial charge on any atom is -0.442 e. The van der Waals surface area contributed by atoms with Crippen LogP contribution in [0.5, 0.6) is 0 Å². The van der Waals surface area contributed by atoms with Crippen molar-refractivity contribution < 1.29 is 9.53 Å². The van der Waals surface area contributed by atoms with Crippen LogP contribution in [0.2, 0.25) is 0 Å². The molecule has 0 aliphatic rings. The van der Waals surface area contributed by atoms with Crippen LogP contribution in [0.3, 0.4) is 0 Å². The molecule has 0 aliphatic heterocycles. The lowest BCUT2D eigenvalue weighted by atomic mass is 10.0. The van der Waals surface area contributed by atoms with Crippen molar-refractivity contribution in [3.05, 3.63) is 35.9 Å². The van der Waals surface area contributed by atoms with Gasteiger partial charge in [-0.15, -0.1) is 0 Å². The molecule has 0 spiro atoms. The molecule has 1 atom stereocenters. The molecule has 0 heterocycles. The van der Waals surface area contributed by atoms with Crippen LogP contribution in [0, 0.1) is 0 Å². The number of hydrogen-bond acceptors (Lipinski definition) is 2. The number of carbonyl (C=O) groups is 1. The maximum atomic E-state index is 11.9. The van der Waals surface area contributed by atoms with Gasteiger partial charge in [0.05, 0.1) is 5.56 Å². The molecule has 0 fully saturated rings. The second kappa shape index (κ2) is 16.2. The SMILES string of the molecule is CCCCCCCCCCCCCCCC(Cl)OC(=O)c1ccccc1. The van der Waals surface area contributed by atoms with Gasteiger partial charge >= 0.3 is 5.97 Å². The maximum absolute atomic E-state index is 11.9. The Kier molecular flexibility index (Phi) is 14.3. The van der Waals surface area contributed by atoms with Gasteiger partial charge in [0, 0.05) is 0 Å². The van der Waals surface area contributed by atoms with Gasteiger partial charge in [-0.05, 0) is 25.0 Å². The zero-order chi connectivity index (χ0) is 18.9. The Bertz CT molecular complexity index is 447. The first-order valence-corrected chi connectivity index (χ1v) is 11.1. The van der Waals surface area contributed by atoms with Crippen LogP contribution in [0.15, 0.2) is 30.3 Å². The standard InChI is InChI=1S/C23H37ClO2/c1-2-3-4-5-6-7-8-9-10-11-12-13-17-20-22(24)26-23(25)21-18-15-14-16-19-21/h14-16,18-19,22H,2-13,17,20H2,1H3. The number of alkyl halides is 1. The van der Waals surface area contributed by atoms with Crippen LogP contribution in [0.4, 0.5) is 0 Å². The third-order valence-corrected chi connectivity index (χ3v) is 5.09. The van der Waals surface area contributed by atoms with E-state index < -0.39 is 5.56 Å². The molecule has 3 heteroatoms. The van der Waals surface area contributed by atoms with Crippen LogP contribution < -0.4 is 0 Å². The first kappa shape index (κ1) is 23.0. The first-order valence-electron chi connectivity index (χ1n) is 10.6. The molecule has 0 N–H and O–H groups in total. The van der Waals surface area contributed by atoms with Crippen LogP contribution in [0.1, 0.15) is 107 Å². The Hall–Kier alpha value is -1.02. The molecular formula is C23H37ClO2. The number of benzene rings is 1. The molecule has 148 valence electrons. The normalized spacial score (nSPS) is 12.1. The summed E-state index contributed by atoms with van der Waals surface area (Å²) in [5.41, 5.74) is 0.0407. The van der Waals surface area contributed by atoms with E-state index in [4.69, 9.17) is 16.3 Å². The van der Waals surface area contributed by atoms with Crippen molar-refractivity contribution in [1.29, 1.82) is 0 Å². The fraction of sp³-hybridized carbons (Fsp3) is 0.696. The quantitative estimate of drug-likeness (QED) is 0.165. The van der Waals surface area contributed by atoms with E-state index in [1.165, 1.54) is 77.0 Å². The van der Waals surface area contributed by atoms with E-state index in [0.29, 0.717) is 5.56 Å². The number of ether oxygens (including phenoxy) is 1. The van der Waals surface area contributed by atoms with E-state index >= 15 is 0 Å². The number of hydrogen-bond donors (Lipinski definition) is 0. The number of carbonyl (C=O) groups excluding carboxylic acids is 1. The molecule has 26 heavy (non-hydrogen) atoms. The number of unbranched alkanes of at least 4 members (excludes halogenated alkanes) is 12. The molecule has 0 radical (unpaired) electrons. The third kappa shape index (κ3) is 12.4. The lowest BCUT2D eigenvalue weighted by Crippen LogP contribution is -2.12. The monoisotopic (exact) mass is 380 g/mol. The third-order valence-electron chi connectivity index (χ3n) is 4.78. The minimum atomic E-state index is -0.518.